The summed E-state index contributed by atoms with van der Waals surface area (Å²) in [5.41, 5.74) is 2.72. The van der Waals surface area contributed by atoms with Crippen molar-refractivity contribution in [2.75, 3.05) is 27.2 Å². The molecule has 1 heterocycles. The van der Waals surface area contributed by atoms with Crippen molar-refractivity contribution in [1.82, 2.24) is 20.0 Å². The Balaban J connectivity index is 1.49. The van der Waals surface area contributed by atoms with Crippen LogP contribution in [0.15, 0.2) is 55.0 Å². The van der Waals surface area contributed by atoms with Gasteiger partial charge in [-0.1, -0.05) is 18.7 Å². The summed E-state index contributed by atoms with van der Waals surface area (Å²) in [5, 5.41) is 17.6. The molecule has 1 fully saturated rings. The first kappa shape index (κ1) is 21.8. The number of fused-ring (bicyclic) bond motifs is 1. The molecule has 0 spiro atoms. The van der Waals surface area contributed by atoms with E-state index in [1.807, 2.05) is 43.3 Å². The summed E-state index contributed by atoms with van der Waals surface area (Å²) in [6.45, 7) is 4.26. The number of amides is 1. The van der Waals surface area contributed by atoms with Gasteiger partial charge in [-0.15, -0.1) is 0 Å². The van der Waals surface area contributed by atoms with Gasteiger partial charge < -0.3 is 19.6 Å². The molecule has 7 nitrogen and oxygen atoms in total. The maximum atomic E-state index is 13.5. The van der Waals surface area contributed by atoms with Gasteiger partial charge in [0.25, 0.3) is 5.91 Å². The van der Waals surface area contributed by atoms with E-state index in [4.69, 9.17) is 4.74 Å². The fourth-order valence-electron chi connectivity index (χ4n) is 3.92. The highest BCUT2D eigenvalue weighted by Gasteiger charge is 2.38. The third-order valence-electron chi connectivity index (χ3n) is 5.81. The summed E-state index contributed by atoms with van der Waals surface area (Å²) in [6, 6.07) is 10.8. The van der Waals surface area contributed by atoms with Crippen LogP contribution in [0.2, 0.25) is 0 Å². The molecule has 1 aliphatic carbocycles. The second-order valence-corrected chi connectivity index (χ2v) is 8.42. The average Bonchev–Trinajstić information content (AvgIpc) is 3.20. The minimum Gasteiger partial charge on any atom is -0.508 e. The summed E-state index contributed by atoms with van der Waals surface area (Å²) in [4.78, 5) is 15.8. The number of likely N-dealkylation sites (N-methyl/N-ethyl adjacent to an activating group) is 1. The van der Waals surface area contributed by atoms with Crippen LogP contribution in [0.1, 0.15) is 12.8 Å². The molecule has 0 unspecified atom stereocenters. The summed E-state index contributed by atoms with van der Waals surface area (Å²) < 4.78 is 19.8. The number of benzene rings is 2. The number of carbonyl (C=O) groups is 1. The number of halogens is 1. The van der Waals surface area contributed by atoms with Crippen LogP contribution in [-0.2, 0) is 4.79 Å². The van der Waals surface area contributed by atoms with E-state index in [0.717, 1.165) is 22.0 Å². The Morgan fingerprint density at radius 3 is 2.59 bits per heavy atom. The van der Waals surface area contributed by atoms with Gasteiger partial charge in [-0.05, 0) is 49.5 Å². The standard InChI is InChI=1S/C24H27FN4O3/c1-15(25)24(31)29(9-8-28(2)3)18-12-20(13-18)32-23-11-17(10-22-21(23)14-26-27-22)16-4-6-19(30)7-5-16/h4-7,10-11,14,18,20,30H,1,8-9,12-13H2,2-3H3,(H,26,27)/t18-,20+. The summed E-state index contributed by atoms with van der Waals surface area (Å²) in [5.74, 6) is -0.682. The van der Waals surface area contributed by atoms with Gasteiger partial charge in [0.05, 0.1) is 17.1 Å². The molecule has 0 atom stereocenters. The van der Waals surface area contributed by atoms with Crippen molar-refractivity contribution in [3.63, 3.8) is 0 Å². The molecule has 1 aromatic heterocycles. The van der Waals surface area contributed by atoms with Crippen LogP contribution in [0.5, 0.6) is 11.5 Å². The molecule has 2 N–H and O–H groups in total. The monoisotopic (exact) mass is 438 g/mol. The van der Waals surface area contributed by atoms with Gasteiger partial charge in [0.2, 0.25) is 0 Å². The fraction of sp³-hybridized carbons (Fsp3) is 0.333. The number of aromatic hydroxyl groups is 1. The van der Waals surface area contributed by atoms with Gasteiger partial charge >= 0.3 is 0 Å². The van der Waals surface area contributed by atoms with Gasteiger partial charge in [-0.3, -0.25) is 9.89 Å². The fourth-order valence-corrected chi connectivity index (χ4v) is 3.92. The van der Waals surface area contributed by atoms with Crippen molar-refractivity contribution in [3.8, 4) is 22.6 Å². The van der Waals surface area contributed by atoms with Crippen molar-refractivity contribution in [1.29, 1.82) is 0 Å². The quantitative estimate of drug-likeness (QED) is 0.524. The number of nitrogens with zero attached hydrogens (tertiary/aromatic N) is 3. The number of carbonyl (C=O) groups excluding carboxylic acids is 1. The number of aromatic amines is 1. The second kappa shape index (κ2) is 9.00. The van der Waals surface area contributed by atoms with E-state index in [-0.39, 0.29) is 17.9 Å². The first-order valence-corrected chi connectivity index (χ1v) is 10.5. The molecule has 0 saturated heterocycles. The molecule has 168 valence electrons. The Labute approximate surface area is 186 Å². The third kappa shape index (κ3) is 4.60. The first-order valence-electron chi connectivity index (χ1n) is 10.5. The van der Waals surface area contributed by atoms with Crippen molar-refractivity contribution >= 4 is 16.8 Å². The number of hydrogen-bond acceptors (Lipinski definition) is 5. The van der Waals surface area contributed by atoms with Crippen molar-refractivity contribution < 1.29 is 19.0 Å². The molecule has 1 saturated carbocycles. The van der Waals surface area contributed by atoms with Crippen LogP contribution < -0.4 is 4.74 Å². The number of H-pyrrole nitrogens is 1. The highest BCUT2D eigenvalue weighted by molar-refractivity contribution is 5.91. The average molecular weight is 439 g/mol. The van der Waals surface area contributed by atoms with Gasteiger partial charge in [0.1, 0.15) is 17.6 Å². The SMILES string of the molecule is C=C(F)C(=O)N(CCN(C)C)[C@H]1C[C@@H](Oc2cc(-c3ccc(O)cc3)cc3[nH]ncc23)C1. The van der Waals surface area contributed by atoms with Crippen LogP contribution >= 0.6 is 0 Å². The summed E-state index contributed by atoms with van der Waals surface area (Å²) in [7, 11) is 3.83. The number of rotatable bonds is 8. The van der Waals surface area contributed by atoms with Crippen LogP contribution in [0.25, 0.3) is 22.0 Å². The van der Waals surface area contributed by atoms with E-state index in [1.165, 1.54) is 0 Å². The Morgan fingerprint density at radius 1 is 1.22 bits per heavy atom. The Hall–Kier alpha value is -3.39. The molecular formula is C24H27FN4O3. The highest BCUT2D eigenvalue weighted by Crippen LogP contribution is 2.36. The maximum absolute atomic E-state index is 13.5. The van der Waals surface area contributed by atoms with E-state index < -0.39 is 11.7 Å². The minimum absolute atomic E-state index is 0.0833. The number of phenols is 1. The second-order valence-electron chi connectivity index (χ2n) is 8.42. The summed E-state index contributed by atoms with van der Waals surface area (Å²) in [6.07, 6.45) is 2.88. The van der Waals surface area contributed by atoms with Gasteiger partial charge in [-0.25, -0.2) is 4.39 Å². The Bertz CT molecular complexity index is 1120. The first-order chi connectivity index (χ1) is 15.3. The number of nitrogens with one attached hydrogen (secondary N) is 1. The van der Waals surface area contributed by atoms with Crippen LogP contribution in [-0.4, -0.2) is 70.3 Å². The predicted molar refractivity (Wildman–Crippen MR) is 121 cm³/mol. The van der Waals surface area contributed by atoms with E-state index >= 15 is 0 Å². The van der Waals surface area contributed by atoms with E-state index in [0.29, 0.717) is 31.7 Å². The lowest BCUT2D eigenvalue weighted by Crippen LogP contribution is -2.53. The molecule has 1 aliphatic rings. The molecule has 1 amide bonds. The largest absolute Gasteiger partial charge is 0.508 e. The minimum atomic E-state index is -0.935. The molecule has 2 aromatic carbocycles. The zero-order valence-electron chi connectivity index (χ0n) is 18.2. The van der Waals surface area contributed by atoms with E-state index in [9.17, 15) is 14.3 Å². The number of hydrogen-bond donors (Lipinski definition) is 2. The molecule has 0 aliphatic heterocycles. The molecule has 32 heavy (non-hydrogen) atoms. The Kier molecular flexibility index (Phi) is 6.14. The zero-order valence-corrected chi connectivity index (χ0v) is 18.2. The lowest BCUT2D eigenvalue weighted by Gasteiger charge is -2.42. The number of phenolic OH excluding ortho intramolecular Hbond substituents is 1. The normalized spacial score (nSPS) is 17.9. The van der Waals surface area contributed by atoms with E-state index in [2.05, 4.69) is 16.8 Å². The molecular weight excluding hydrogens is 411 g/mol. The maximum Gasteiger partial charge on any atom is 0.282 e. The molecule has 4 rings (SSSR count). The predicted octanol–water partition coefficient (Wildman–Crippen LogP) is 3.72. The molecule has 8 heteroatoms. The molecule has 0 radical (unpaired) electrons. The number of aromatic nitrogens is 2. The highest BCUT2D eigenvalue weighted by atomic mass is 19.1. The third-order valence-corrected chi connectivity index (χ3v) is 5.81. The van der Waals surface area contributed by atoms with Gasteiger partial charge in [0, 0.05) is 32.0 Å². The van der Waals surface area contributed by atoms with E-state index in [1.54, 1.807) is 23.2 Å². The number of ether oxygens (including phenoxy) is 1. The smallest absolute Gasteiger partial charge is 0.282 e. The van der Waals surface area contributed by atoms with Crippen LogP contribution in [0.4, 0.5) is 4.39 Å². The van der Waals surface area contributed by atoms with Crippen molar-refractivity contribution in [2.24, 2.45) is 0 Å². The molecule has 3 aromatic rings. The molecule has 0 bridgehead atoms. The Morgan fingerprint density at radius 2 is 1.94 bits per heavy atom. The van der Waals surface area contributed by atoms with Gasteiger partial charge in [0.15, 0.2) is 5.83 Å². The van der Waals surface area contributed by atoms with Gasteiger partial charge in [-0.2, -0.15) is 5.10 Å². The lowest BCUT2D eigenvalue weighted by atomic mass is 9.87. The lowest BCUT2D eigenvalue weighted by molar-refractivity contribution is -0.135. The van der Waals surface area contributed by atoms with Crippen LogP contribution in [0.3, 0.4) is 0 Å². The van der Waals surface area contributed by atoms with Crippen LogP contribution in [0, 0.1) is 0 Å². The topological polar surface area (TPSA) is 81.7 Å². The summed E-state index contributed by atoms with van der Waals surface area (Å²) >= 11 is 0. The van der Waals surface area contributed by atoms with Crippen molar-refractivity contribution in [3.05, 3.63) is 55.0 Å². The van der Waals surface area contributed by atoms with Crippen molar-refractivity contribution in [2.45, 2.75) is 25.0 Å². The zero-order chi connectivity index (χ0) is 22.8.